The minimum atomic E-state index is -0.890. The third kappa shape index (κ3) is 1.70. The average Bonchev–Trinajstić information content (AvgIpc) is 2.87. The van der Waals surface area contributed by atoms with E-state index < -0.39 is 5.97 Å². The summed E-state index contributed by atoms with van der Waals surface area (Å²) >= 11 is 1.24. The first-order chi connectivity index (χ1) is 8.24. The van der Waals surface area contributed by atoms with Crippen molar-refractivity contribution in [1.29, 1.82) is 0 Å². The number of hydrogen-bond acceptors (Lipinski definition) is 3. The second-order valence-electron chi connectivity index (χ2n) is 3.60. The van der Waals surface area contributed by atoms with Gasteiger partial charge in [0.05, 0.1) is 11.4 Å². The number of carbonyl (C=O) groups is 1. The maximum absolute atomic E-state index is 10.8. The Balaban J connectivity index is 2.10. The molecule has 0 aliphatic heterocycles. The molecule has 0 saturated heterocycles. The van der Waals surface area contributed by atoms with Crippen LogP contribution in [0.5, 0.6) is 0 Å². The van der Waals surface area contributed by atoms with Crippen LogP contribution in [0, 0.1) is 0 Å². The van der Waals surface area contributed by atoms with Crippen LogP contribution >= 0.6 is 11.3 Å². The van der Waals surface area contributed by atoms with E-state index in [1.54, 1.807) is 12.3 Å². The molecule has 5 heteroatoms. The Kier molecular flexibility index (Phi) is 2.19. The highest BCUT2D eigenvalue weighted by Gasteiger charge is 2.11. The lowest BCUT2D eigenvalue weighted by Crippen LogP contribution is -1.89. The molecule has 4 nitrogen and oxygen atoms in total. The Morgan fingerprint density at radius 1 is 1.35 bits per heavy atom. The highest BCUT2D eigenvalue weighted by molar-refractivity contribution is 7.20. The van der Waals surface area contributed by atoms with Crippen molar-refractivity contribution in [3.63, 3.8) is 0 Å². The van der Waals surface area contributed by atoms with Gasteiger partial charge in [-0.25, -0.2) is 4.79 Å². The molecule has 0 amide bonds. The molecule has 84 valence electrons. The zero-order valence-corrected chi connectivity index (χ0v) is 9.49. The number of nitrogens with one attached hydrogen (secondary N) is 1. The third-order valence-electron chi connectivity index (χ3n) is 2.46. The molecule has 0 atom stereocenters. The van der Waals surface area contributed by atoms with E-state index in [-0.39, 0.29) is 0 Å². The number of carboxylic acid groups (broad SMARTS) is 1. The fraction of sp³-hybridized carbons (Fsp3) is 0. The van der Waals surface area contributed by atoms with E-state index in [9.17, 15) is 4.79 Å². The Morgan fingerprint density at radius 3 is 2.88 bits per heavy atom. The molecule has 0 radical (unpaired) electrons. The van der Waals surface area contributed by atoms with Crippen LogP contribution in [0.15, 0.2) is 36.5 Å². The van der Waals surface area contributed by atoms with Gasteiger partial charge in [-0.1, -0.05) is 6.07 Å². The minimum absolute atomic E-state index is 0.346. The van der Waals surface area contributed by atoms with E-state index >= 15 is 0 Å². The Hall–Kier alpha value is -2.14. The molecule has 0 spiro atoms. The predicted octanol–water partition coefficient (Wildman–Crippen LogP) is 2.99. The molecule has 3 aromatic heterocycles. The number of rotatable bonds is 2. The molecule has 0 bridgehead atoms. The number of fused-ring (bicyclic) bond motifs is 1. The summed E-state index contributed by atoms with van der Waals surface area (Å²) in [5, 5.41) is 9.78. The van der Waals surface area contributed by atoms with Crippen molar-refractivity contribution >= 4 is 27.5 Å². The van der Waals surface area contributed by atoms with Gasteiger partial charge in [0.25, 0.3) is 0 Å². The maximum atomic E-state index is 10.8. The van der Waals surface area contributed by atoms with Crippen molar-refractivity contribution in [2.75, 3.05) is 0 Å². The summed E-state index contributed by atoms with van der Waals surface area (Å²) in [6.07, 6.45) is 1.73. The molecule has 0 aromatic carbocycles. The SMILES string of the molecule is O=C(O)c1cc2cc(-c3ccccn3)[nH]c2s1. The minimum Gasteiger partial charge on any atom is -0.477 e. The second kappa shape index (κ2) is 3.71. The molecule has 0 aliphatic carbocycles. The average molecular weight is 244 g/mol. The van der Waals surface area contributed by atoms with Crippen LogP contribution in [-0.2, 0) is 0 Å². The summed E-state index contributed by atoms with van der Waals surface area (Å²) in [4.78, 5) is 19.4. The van der Waals surface area contributed by atoms with Gasteiger partial charge < -0.3 is 10.1 Å². The molecule has 3 heterocycles. The van der Waals surface area contributed by atoms with E-state index in [0.29, 0.717) is 4.88 Å². The van der Waals surface area contributed by atoms with Gasteiger partial charge in [-0.3, -0.25) is 4.98 Å². The number of pyridine rings is 1. The van der Waals surface area contributed by atoms with E-state index in [4.69, 9.17) is 5.11 Å². The van der Waals surface area contributed by atoms with Crippen LogP contribution in [-0.4, -0.2) is 21.0 Å². The zero-order chi connectivity index (χ0) is 11.8. The van der Waals surface area contributed by atoms with Crippen LogP contribution in [0.25, 0.3) is 21.6 Å². The van der Waals surface area contributed by atoms with Gasteiger partial charge in [0, 0.05) is 11.6 Å². The maximum Gasteiger partial charge on any atom is 0.345 e. The zero-order valence-electron chi connectivity index (χ0n) is 8.68. The number of hydrogen-bond donors (Lipinski definition) is 2. The number of H-pyrrole nitrogens is 1. The Morgan fingerprint density at radius 2 is 2.24 bits per heavy atom. The lowest BCUT2D eigenvalue weighted by molar-refractivity contribution is 0.0702. The normalized spacial score (nSPS) is 10.8. The quantitative estimate of drug-likeness (QED) is 0.728. The van der Waals surface area contributed by atoms with Crippen molar-refractivity contribution in [2.45, 2.75) is 0 Å². The first-order valence-electron chi connectivity index (χ1n) is 5.01. The molecular weight excluding hydrogens is 236 g/mol. The van der Waals surface area contributed by atoms with E-state index in [2.05, 4.69) is 9.97 Å². The molecule has 0 fully saturated rings. The number of aromatic amines is 1. The van der Waals surface area contributed by atoms with Crippen LogP contribution in [0.1, 0.15) is 9.67 Å². The molecule has 0 unspecified atom stereocenters. The first kappa shape index (κ1) is 10.0. The monoisotopic (exact) mass is 244 g/mol. The number of nitrogens with zero attached hydrogens (tertiary/aromatic N) is 1. The second-order valence-corrected chi connectivity index (χ2v) is 4.65. The van der Waals surface area contributed by atoms with Crippen molar-refractivity contribution in [3.05, 3.63) is 41.4 Å². The number of aromatic carboxylic acids is 1. The highest BCUT2D eigenvalue weighted by Crippen LogP contribution is 2.29. The predicted molar refractivity (Wildman–Crippen MR) is 66.4 cm³/mol. The van der Waals surface area contributed by atoms with Crippen molar-refractivity contribution in [3.8, 4) is 11.4 Å². The Bertz CT molecular complexity index is 653. The van der Waals surface area contributed by atoms with E-state index in [1.165, 1.54) is 11.3 Å². The molecule has 0 aliphatic rings. The standard InChI is InChI=1S/C12H8N2O2S/c15-12(16)10-6-7-5-9(14-11(7)17-10)8-3-1-2-4-13-8/h1-6,14H,(H,15,16). The summed E-state index contributed by atoms with van der Waals surface area (Å²) in [6, 6.07) is 9.27. The van der Waals surface area contributed by atoms with E-state index in [1.807, 2.05) is 24.3 Å². The number of carboxylic acids is 1. The summed E-state index contributed by atoms with van der Waals surface area (Å²) in [5.41, 5.74) is 1.76. The summed E-state index contributed by atoms with van der Waals surface area (Å²) in [5.74, 6) is -0.890. The van der Waals surface area contributed by atoms with Crippen LogP contribution in [0.2, 0.25) is 0 Å². The van der Waals surface area contributed by atoms with Gasteiger partial charge in [-0.05, 0) is 24.3 Å². The van der Waals surface area contributed by atoms with Crippen LogP contribution < -0.4 is 0 Å². The fourth-order valence-corrected chi connectivity index (χ4v) is 2.58. The molecular formula is C12H8N2O2S. The lowest BCUT2D eigenvalue weighted by atomic mass is 10.2. The number of thiophene rings is 1. The molecule has 0 saturated carbocycles. The van der Waals surface area contributed by atoms with Crippen LogP contribution in [0.4, 0.5) is 0 Å². The van der Waals surface area contributed by atoms with Gasteiger partial charge in [-0.15, -0.1) is 11.3 Å². The smallest absolute Gasteiger partial charge is 0.345 e. The van der Waals surface area contributed by atoms with Gasteiger partial charge in [-0.2, -0.15) is 0 Å². The highest BCUT2D eigenvalue weighted by atomic mass is 32.1. The molecule has 2 N–H and O–H groups in total. The molecule has 3 aromatic rings. The van der Waals surface area contributed by atoms with E-state index in [0.717, 1.165) is 21.6 Å². The summed E-state index contributed by atoms with van der Waals surface area (Å²) in [6.45, 7) is 0. The van der Waals surface area contributed by atoms with Crippen molar-refractivity contribution in [1.82, 2.24) is 9.97 Å². The van der Waals surface area contributed by atoms with Gasteiger partial charge in [0.15, 0.2) is 0 Å². The molecule has 17 heavy (non-hydrogen) atoms. The fourth-order valence-electron chi connectivity index (χ4n) is 1.69. The third-order valence-corrected chi connectivity index (χ3v) is 3.51. The number of aromatic nitrogens is 2. The van der Waals surface area contributed by atoms with Gasteiger partial charge in [0.1, 0.15) is 9.71 Å². The van der Waals surface area contributed by atoms with Crippen molar-refractivity contribution in [2.24, 2.45) is 0 Å². The van der Waals surface area contributed by atoms with Gasteiger partial charge >= 0.3 is 5.97 Å². The van der Waals surface area contributed by atoms with Gasteiger partial charge in [0.2, 0.25) is 0 Å². The molecule has 3 rings (SSSR count). The topological polar surface area (TPSA) is 66.0 Å². The largest absolute Gasteiger partial charge is 0.477 e. The summed E-state index contributed by atoms with van der Waals surface area (Å²) < 4.78 is 0. The van der Waals surface area contributed by atoms with Crippen molar-refractivity contribution < 1.29 is 9.90 Å². The summed E-state index contributed by atoms with van der Waals surface area (Å²) in [7, 11) is 0. The first-order valence-corrected chi connectivity index (χ1v) is 5.83. The lowest BCUT2D eigenvalue weighted by Gasteiger charge is -1.94. The Labute approximate surface area is 101 Å². The van der Waals surface area contributed by atoms with Crippen LogP contribution in [0.3, 0.4) is 0 Å².